The number of piperidine rings is 1. The van der Waals surface area contributed by atoms with Crippen molar-refractivity contribution in [2.45, 2.75) is 77.7 Å². The third-order valence-electron chi connectivity index (χ3n) is 7.79. The van der Waals surface area contributed by atoms with E-state index in [9.17, 15) is 0 Å². The minimum absolute atomic E-state index is 0.566. The van der Waals surface area contributed by atoms with Crippen LogP contribution in [0.5, 0.6) is 5.75 Å². The van der Waals surface area contributed by atoms with Crippen LogP contribution in [0.2, 0.25) is 0 Å². The van der Waals surface area contributed by atoms with Crippen LogP contribution in [-0.2, 0) is 6.54 Å². The standard InChI is InChI=1S/C28H47N5O/c1-3-31(4-2)20-10-22-34-25-11-12-26-27(23-25)33(28(30-26)24-13-15-29-16-14-24)21-7-5-6-17-32-18-8-9-19-32/h11-12,23-24,29H,3-10,13-22H2,1-2H3. The Kier molecular flexibility index (Phi) is 10.1. The highest BCUT2D eigenvalue weighted by atomic mass is 16.5. The van der Waals surface area contributed by atoms with E-state index in [0.717, 1.165) is 63.6 Å². The van der Waals surface area contributed by atoms with E-state index in [1.807, 2.05) is 0 Å². The Labute approximate surface area is 207 Å². The number of rotatable bonds is 14. The number of aromatic nitrogens is 2. The second kappa shape index (κ2) is 13.5. The van der Waals surface area contributed by atoms with Crippen molar-refractivity contribution in [1.29, 1.82) is 0 Å². The molecule has 2 saturated heterocycles. The molecule has 0 spiro atoms. The first-order valence-electron chi connectivity index (χ1n) is 14.1. The lowest BCUT2D eigenvalue weighted by molar-refractivity contribution is 0.249. The van der Waals surface area contributed by atoms with E-state index in [0.29, 0.717) is 5.92 Å². The number of nitrogens with one attached hydrogen (secondary N) is 1. The van der Waals surface area contributed by atoms with Crippen molar-refractivity contribution in [2.24, 2.45) is 0 Å². The van der Waals surface area contributed by atoms with Crippen LogP contribution in [0.25, 0.3) is 11.0 Å². The van der Waals surface area contributed by atoms with Gasteiger partial charge in [0.05, 0.1) is 17.6 Å². The SMILES string of the molecule is CCN(CC)CCCOc1ccc2nc(C3CCNCC3)n(CCCCCN3CCCC3)c2c1. The van der Waals surface area contributed by atoms with Gasteiger partial charge in [0.15, 0.2) is 0 Å². The molecule has 190 valence electrons. The molecule has 1 N–H and O–H groups in total. The maximum absolute atomic E-state index is 6.18. The number of nitrogens with zero attached hydrogens (tertiary/aromatic N) is 4. The molecule has 34 heavy (non-hydrogen) atoms. The number of hydrogen-bond acceptors (Lipinski definition) is 5. The summed E-state index contributed by atoms with van der Waals surface area (Å²) in [5, 5.41) is 3.51. The number of unbranched alkanes of at least 4 members (excludes halogenated alkanes) is 2. The number of aryl methyl sites for hydroxylation is 1. The summed E-state index contributed by atoms with van der Waals surface area (Å²) in [6, 6.07) is 6.53. The zero-order valence-corrected chi connectivity index (χ0v) is 21.7. The van der Waals surface area contributed by atoms with E-state index >= 15 is 0 Å². The van der Waals surface area contributed by atoms with Crippen LogP contribution < -0.4 is 10.1 Å². The van der Waals surface area contributed by atoms with Gasteiger partial charge in [-0.25, -0.2) is 4.98 Å². The third-order valence-corrected chi connectivity index (χ3v) is 7.79. The average molecular weight is 470 g/mol. The van der Waals surface area contributed by atoms with Gasteiger partial charge < -0.3 is 24.4 Å². The molecule has 0 atom stereocenters. The Morgan fingerprint density at radius 2 is 1.76 bits per heavy atom. The van der Waals surface area contributed by atoms with Gasteiger partial charge in [0.2, 0.25) is 0 Å². The summed E-state index contributed by atoms with van der Waals surface area (Å²) in [7, 11) is 0. The minimum Gasteiger partial charge on any atom is -0.493 e. The van der Waals surface area contributed by atoms with Crippen molar-refractivity contribution in [3.63, 3.8) is 0 Å². The zero-order chi connectivity index (χ0) is 23.6. The van der Waals surface area contributed by atoms with Gasteiger partial charge in [-0.1, -0.05) is 20.3 Å². The molecule has 2 aliphatic heterocycles. The largest absolute Gasteiger partial charge is 0.493 e. The van der Waals surface area contributed by atoms with E-state index in [1.165, 1.54) is 75.9 Å². The summed E-state index contributed by atoms with van der Waals surface area (Å²) >= 11 is 0. The molecule has 0 radical (unpaired) electrons. The Hall–Kier alpha value is -1.63. The van der Waals surface area contributed by atoms with Crippen molar-refractivity contribution in [2.75, 3.05) is 59.0 Å². The Balaban J connectivity index is 1.39. The van der Waals surface area contributed by atoms with E-state index < -0.39 is 0 Å². The Bertz CT molecular complexity index is 850. The minimum atomic E-state index is 0.566. The first kappa shape index (κ1) is 25.5. The second-order valence-electron chi connectivity index (χ2n) is 10.1. The van der Waals surface area contributed by atoms with Gasteiger partial charge in [-0.2, -0.15) is 0 Å². The lowest BCUT2D eigenvalue weighted by Crippen LogP contribution is -2.28. The number of hydrogen-bond donors (Lipinski definition) is 1. The molecule has 0 amide bonds. The fourth-order valence-corrected chi connectivity index (χ4v) is 5.64. The molecule has 2 aliphatic rings. The molecule has 0 saturated carbocycles. The monoisotopic (exact) mass is 469 g/mol. The highest BCUT2D eigenvalue weighted by Crippen LogP contribution is 2.30. The van der Waals surface area contributed by atoms with Gasteiger partial charge in [0.1, 0.15) is 11.6 Å². The van der Waals surface area contributed by atoms with Crippen molar-refractivity contribution in [3.8, 4) is 5.75 Å². The van der Waals surface area contributed by atoms with Crippen LogP contribution >= 0.6 is 0 Å². The molecular formula is C28H47N5O. The number of imidazole rings is 1. The summed E-state index contributed by atoms with van der Waals surface area (Å²) in [5.41, 5.74) is 2.38. The summed E-state index contributed by atoms with van der Waals surface area (Å²) in [6.07, 6.45) is 10.1. The van der Waals surface area contributed by atoms with Crippen LogP contribution in [0.15, 0.2) is 18.2 Å². The predicted octanol–water partition coefficient (Wildman–Crippen LogP) is 4.88. The Morgan fingerprint density at radius 3 is 2.53 bits per heavy atom. The number of likely N-dealkylation sites (tertiary alicyclic amines) is 1. The van der Waals surface area contributed by atoms with Gasteiger partial charge in [-0.05, 0) is 103 Å². The van der Waals surface area contributed by atoms with Gasteiger partial charge in [-0.3, -0.25) is 0 Å². The second-order valence-corrected chi connectivity index (χ2v) is 10.1. The van der Waals surface area contributed by atoms with Crippen LogP contribution in [-0.4, -0.2) is 78.3 Å². The van der Waals surface area contributed by atoms with Crippen molar-refractivity contribution in [1.82, 2.24) is 24.7 Å². The predicted molar refractivity (Wildman–Crippen MR) is 142 cm³/mol. The molecular weight excluding hydrogens is 422 g/mol. The quantitative estimate of drug-likeness (QED) is 0.400. The molecule has 0 aliphatic carbocycles. The lowest BCUT2D eigenvalue weighted by atomic mass is 9.97. The summed E-state index contributed by atoms with van der Waals surface area (Å²) in [5.74, 6) is 2.85. The highest BCUT2D eigenvalue weighted by molar-refractivity contribution is 5.78. The van der Waals surface area contributed by atoms with E-state index in [2.05, 4.69) is 51.7 Å². The molecule has 1 aromatic carbocycles. The summed E-state index contributed by atoms with van der Waals surface area (Å²) in [6.45, 7) is 15.7. The molecule has 6 nitrogen and oxygen atoms in total. The molecule has 0 bridgehead atoms. The molecule has 2 fully saturated rings. The van der Waals surface area contributed by atoms with E-state index in [1.54, 1.807) is 0 Å². The average Bonchev–Trinajstić information content (AvgIpc) is 3.52. The van der Waals surface area contributed by atoms with Crippen LogP contribution in [0.3, 0.4) is 0 Å². The molecule has 2 aromatic rings. The summed E-state index contributed by atoms with van der Waals surface area (Å²) in [4.78, 5) is 10.2. The third kappa shape index (κ3) is 6.96. The van der Waals surface area contributed by atoms with E-state index in [4.69, 9.17) is 9.72 Å². The van der Waals surface area contributed by atoms with E-state index in [-0.39, 0.29) is 0 Å². The van der Waals surface area contributed by atoms with Gasteiger partial charge >= 0.3 is 0 Å². The first-order chi connectivity index (χ1) is 16.8. The van der Waals surface area contributed by atoms with Crippen LogP contribution in [0.4, 0.5) is 0 Å². The lowest BCUT2D eigenvalue weighted by Gasteiger charge is -2.23. The van der Waals surface area contributed by atoms with Crippen LogP contribution in [0.1, 0.15) is 77.0 Å². The zero-order valence-electron chi connectivity index (χ0n) is 21.7. The maximum atomic E-state index is 6.18. The van der Waals surface area contributed by atoms with Crippen molar-refractivity contribution >= 4 is 11.0 Å². The fourth-order valence-electron chi connectivity index (χ4n) is 5.64. The Morgan fingerprint density at radius 1 is 1.00 bits per heavy atom. The smallest absolute Gasteiger partial charge is 0.121 e. The van der Waals surface area contributed by atoms with Crippen molar-refractivity contribution < 1.29 is 4.74 Å². The molecule has 0 unspecified atom stereocenters. The van der Waals surface area contributed by atoms with Crippen molar-refractivity contribution in [3.05, 3.63) is 24.0 Å². The normalized spacial score (nSPS) is 17.9. The summed E-state index contributed by atoms with van der Waals surface area (Å²) < 4.78 is 8.71. The first-order valence-corrected chi connectivity index (χ1v) is 14.1. The highest BCUT2D eigenvalue weighted by Gasteiger charge is 2.22. The number of benzene rings is 1. The molecule has 4 rings (SSSR count). The number of fused-ring (bicyclic) bond motifs is 1. The topological polar surface area (TPSA) is 45.6 Å². The fraction of sp³-hybridized carbons (Fsp3) is 0.750. The number of ether oxygens (including phenoxy) is 1. The molecule has 1 aromatic heterocycles. The molecule has 6 heteroatoms. The van der Waals surface area contributed by atoms with Gasteiger partial charge in [-0.15, -0.1) is 0 Å². The molecule has 3 heterocycles. The maximum Gasteiger partial charge on any atom is 0.121 e. The van der Waals surface area contributed by atoms with Gasteiger partial charge in [0, 0.05) is 25.1 Å². The van der Waals surface area contributed by atoms with Crippen LogP contribution in [0, 0.1) is 0 Å². The van der Waals surface area contributed by atoms with Gasteiger partial charge in [0.25, 0.3) is 0 Å².